The highest BCUT2D eigenvalue weighted by Gasteiger charge is 2.31. The summed E-state index contributed by atoms with van der Waals surface area (Å²) in [7, 11) is 0. The Kier molecular flexibility index (Phi) is 3.14. The van der Waals surface area contributed by atoms with Gasteiger partial charge in [-0.15, -0.1) is 0 Å². The smallest absolute Gasteiger partial charge is 0.268 e. The molecule has 0 aliphatic carbocycles. The van der Waals surface area contributed by atoms with E-state index in [1.807, 2.05) is 30.3 Å². The molecule has 0 spiro atoms. The van der Waals surface area contributed by atoms with Crippen LogP contribution in [0, 0.1) is 5.82 Å². The lowest BCUT2D eigenvalue weighted by molar-refractivity contribution is -0.125. The molecule has 0 bridgehead atoms. The number of nitrogens with zero attached hydrogens (tertiary/aromatic N) is 1. The fraction of sp³-hybridized carbons (Fsp3) is 0.188. The monoisotopic (exact) mass is 271 g/mol. The zero-order chi connectivity index (χ0) is 14.1. The largest absolute Gasteiger partial charge is 0.479 e. The van der Waals surface area contributed by atoms with Crippen molar-refractivity contribution in [3.8, 4) is 5.75 Å². The maximum atomic E-state index is 13.4. The van der Waals surface area contributed by atoms with Crippen LogP contribution in [0.25, 0.3) is 0 Å². The van der Waals surface area contributed by atoms with Crippen LogP contribution >= 0.6 is 0 Å². The SMILES string of the molecule is CC1Oc2ccc(F)cc2N(Cc2ccccc2)C1=O. The van der Waals surface area contributed by atoms with Gasteiger partial charge in [0.15, 0.2) is 6.10 Å². The van der Waals surface area contributed by atoms with Crippen LogP contribution in [0.1, 0.15) is 12.5 Å². The molecule has 3 nitrogen and oxygen atoms in total. The molecule has 0 saturated heterocycles. The first-order valence-electron chi connectivity index (χ1n) is 6.46. The van der Waals surface area contributed by atoms with E-state index in [9.17, 15) is 9.18 Å². The summed E-state index contributed by atoms with van der Waals surface area (Å²) in [6.07, 6.45) is -0.559. The molecule has 4 heteroatoms. The van der Waals surface area contributed by atoms with Crippen LogP contribution in [-0.4, -0.2) is 12.0 Å². The van der Waals surface area contributed by atoms with Gasteiger partial charge in [-0.3, -0.25) is 4.79 Å². The summed E-state index contributed by atoms with van der Waals surface area (Å²) in [5.41, 5.74) is 1.47. The number of carbonyl (C=O) groups is 1. The van der Waals surface area contributed by atoms with Crippen molar-refractivity contribution in [1.29, 1.82) is 0 Å². The predicted molar refractivity (Wildman–Crippen MR) is 74.1 cm³/mol. The van der Waals surface area contributed by atoms with Crippen molar-refractivity contribution in [3.05, 3.63) is 59.9 Å². The minimum Gasteiger partial charge on any atom is -0.479 e. The lowest BCUT2D eigenvalue weighted by Gasteiger charge is -2.33. The molecule has 2 aromatic carbocycles. The van der Waals surface area contributed by atoms with Crippen molar-refractivity contribution in [3.63, 3.8) is 0 Å². The van der Waals surface area contributed by atoms with Crippen LogP contribution in [0.5, 0.6) is 5.75 Å². The minimum absolute atomic E-state index is 0.160. The lowest BCUT2D eigenvalue weighted by atomic mass is 10.1. The average Bonchev–Trinajstić information content (AvgIpc) is 2.46. The minimum atomic E-state index is -0.559. The van der Waals surface area contributed by atoms with Crippen LogP contribution in [0.2, 0.25) is 0 Å². The Morgan fingerprint density at radius 1 is 1.20 bits per heavy atom. The second kappa shape index (κ2) is 4.96. The van der Waals surface area contributed by atoms with Gasteiger partial charge in [0.05, 0.1) is 12.2 Å². The molecule has 3 rings (SSSR count). The van der Waals surface area contributed by atoms with Crippen LogP contribution < -0.4 is 9.64 Å². The molecule has 1 atom stereocenters. The van der Waals surface area contributed by atoms with Gasteiger partial charge in [-0.25, -0.2) is 4.39 Å². The molecule has 1 amide bonds. The highest BCUT2D eigenvalue weighted by Crippen LogP contribution is 2.35. The van der Waals surface area contributed by atoms with Gasteiger partial charge in [-0.2, -0.15) is 0 Å². The summed E-state index contributed by atoms with van der Waals surface area (Å²) in [6.45, 7) is 2.11. The third kappa shape index (κ3) is 2.25. The molecule has 1 unspecified atom stereocenters. The van der Waals surface area contributed by atoms with Crippen LogP contribution in [0.4, 0.5) is 10.1 Å². The third-order valence-corrected chi connectivity index (χ3v) is 3.31. The zero-order valence-electron chi connectivity index (χ0n) is 11.0. The van der Waals surface area contributed by atoms with Gasteiger partial charge < -0.3 is 9.64 Å². The van der Waals surface area contributed by atoms with Gasteiger partial charge >= 0.3 is 0 Å². The molecule has 0 aromatic heterocycles. The first-order chi connectivity index (χ1) is 9.65. The molecular weight excluding hydrogens is 257 g/mol. The van der Waals surface area contributed by atoms with Gasteiger partial charge in [-0.05, 0) is 24.6 Å². The highest BCUT2D eigenvalue weighted by atomic mass is 19.1. The van der Waals surface area contributed by atoms with Crippen LogP contribution in [0.15, 0.2) is 48.5 Å². The Bertz CT molecular complexity index is 642. The fourth-order valence-corrected chi connectivity index (χ4v) is 2.31. The summed E-state index contributed by atoms with van der Waals surface area (Å²) >= 11 is 0. The van der Waals surface area contributed by atoms with Crippen molar-refractivity contribution in [1.82, 2.24) is 0 Å². The Balaban J connectivity index is 2.00. The Morgan fingerprint density at radius 3 is 2.70 bits per heavy atom. The number of carbonyl (C=O) groups excluding carboxylic acids is 1. The van der Waals surface area contributed by atoms with Crippen molar-refractivity contribution in [2.75, 3.05) is 4.90 Å². The van der Waals surface area contributed by atoms with Crippen molar-refractivity contribution < 1.29 is 13.9 Å². The Morgan fingerprint density at radius 2 is 1.95 bits per heavy atom. The van der Waals surface area contributed by atoms with Gasteiger partial charge in [0, 0.05) is 6.07 Å². The molecule has 0 fully saturated rings. The quantitative estimate of drug-likeness (QED) is 0.839. The van der Waals surface area contributed by atoms with E-state index in [1.165, 1.54) is 12.1 Å². The van der Waals surface area contributed by atoms with E-state index in [0.29, 0.717) is 18.0 Å². The van der Waals surface area contributed by atoms with Gasteiger partial charge in [0.1, 0.15) is 11.6 Å². The summed E-state index contributed by atoms with van der Waals surface area (Å²) in [5.74, 6) is -0.00542. The molecule has 1 heterocycles. The first kappa shape index (κ1) is 12.7. The molecule has 1 aliphatic heterocycles. The van der Waals surface area contributed by atoms with E-state index >= 15 is 0 Å². The maximum absolute atomic E-state index is 13.4. The Hall–Kier alpha value is -2.36. The van der Waals surface area contributed by atoms with E-state index < -0.39 is 6.10 Å². The van der Waals surface area contributed by atoms with Gasteiger partial charge in [0.25, 0.3) is 5.91 Å². The molecule has 0 N–H and O–H groups in total. The standard InChI is InChI=1S/C16H14FNO2/c1-11-16(19)18(10-12-5-3-2-4-6-12)14-9-13(17)7-8-15(14)20-11/h2-9,11H,10H2,1H3. The summed E-state index contributed by atoms with van der Waals surface area (Å²) in [5, 5.41) is 0. The number of anilines is 1. The summed E-state index contributed by atoms with van der Waals surface area (Å²) < 4.78 is 18.9. The molecule has 2 aromatic rings. The lowest BCUT2D eigenvalue weighted by Crippen LogP contribution is -2.44. The summed E-state index contributed by atoms with van der Waals surface area (Å²) in [6, 6.07) is 13.8. The van der Waals surface area contributed by atoms with E-state index in [0.717, 1.165) is 5.56 Å². The van der Waals surface area contributed by atoms with Crippen LogP contribution in [-0.2, 0) is 11.3 Å². The molecule has 102 valence electrons. The molecule has 0 saturated carbocycles. The van der Waals surface area contributed by atoms with Gasteiger partial charge in [0.2, 0.25) is 0 Å². The second-order valence-corrected chi connectivity index (χ2v) is 4.78. The number of benzene rings is 2. The van der Waals surface area contributed by atoms with E-state index in [-0.39, 0.29) is 11.7 Å². The number of hydrogen-bond donors (Lipinski definition) is 0. The zero-order valence-corrected chi connectivity index (χ0v) is 11.0. The van der Waals surface area contributed by atoms with Crippen molar-refractivity contribution in [2.45, 2.75) is 19.6 Å². The number of ether oxygens (including phenoxy) is 1. The predicted octanol–water partition coefficient (Wildman–Crippen LogP) is 3.14. The normalized spacial score (nSPS) is 17.6. The second-order valence-electron chi connectivity index (χ2n) is 4.78. The fourth-order valence-electron chi connectivity index (χ4n) is 2.31. The molecular formula is C16H14FNO2. The van der Waals surface area contributed by atoms with E-state index in [1.54, 1.807) is 17.9 Å². The number of rotatable bonds is 2. The molecule has 20 heavy (non-hydrogen) atoms. The number of hydrogen-bond acceptors (Lipinski definition) is 2. The summed E-state index contributed by atoms with van der Waals surface area (Å²) in [4.78, 5) is 13.9. The molecule has 1 aliphatic rings. The number of amides is 1. The highest BCUT2D eigenvalue weighted by molar-refractivity contribution is 5.99. The molecule has 0 radical (unpaired) electrons. The van der Waals surface area contributed by atoms with E-state index in [2.05, 4.69) is 0 Å². The van der Waals surface area contributed by atoms with E-state index in [4.69, 9.17) is 4.74 Å². The van der Waals surface area contributed by atoms with Crippen molar-refractivity contribution in [2.24, 2.45) is 0 Å². The Labute approximate surface area is 116 Å². The van der Waals surface area contributed by atoms with Crippen LogP contribution in [0.3, 0.4) is 0 Å². The van der Waals surface area contributed by atoms with Crippen molar-refractivity contribution >= 4 is 11.6 Å². The number of halogens is 1. The number of fused-ring (bicyclic) bond motifs is 1. The topological polar surface area (TPSA) is 29.5 Å². The third-order valence-electron chi connectivity index (χ3n) is 3.31. The first-order valence-corrected chi connectivity index (χ1v) is 6.46. The maximum Gasteiger partial charge on any atom is 0.268 e. The average molecular weight is 271 g/mol. The van der Waals surface area contributed by atoms with Gasteiger partial charge in [-0.1, -0.05) is 30.3 Å².